The summed E-state index contributed by atoms with van der Waals surface area (Å²) < 4.78 is 1.73. The lowest BCUT2D eigenvalue weighted by molar-refractivity contribution is 0.879. The van der Waals surface area contributed by atoms with Gasteiger partial charge in [0.05, 0.1) is 5.69 Å². The second-order valence-corrected chi connectivity index (χ2v) is 5.25. The average molecular weight is 299 g/mol. The molecule has 0 spiro atoms. The van der Waals surface area contributed by atoms with Gasteiger partial charge in [-0.25, -0.2) is 9.67 Å². The van der Waals surface area contributed by atoms with Crippen LogP contribution in [0.2, 0.25) is 5.02 Å². The predicted octanol–water partition coefficient (Wildman–Crippen LogP) is 3.84. The van der Waals surface area contributed by atoms with E-state index >= 15 is 0 Å². The first-order valence-electron chi connectivity index (χ1n) is 6.66. The molecule has 0 atom stereocenters. The zero-order valence-electron chi connectivity index (χ0n) is 11.6. The molecule has 4 nitrogen and oxygen atoms in total. The summed E-state index contributed by atoms with van der Waals surface area (Å²) in [5.74, 6) is 0. The molecular formula is C16H15ClN4. The Morgan fingerprint density at radius 1 is 1.14 bits per heavy atom. The van der Waals surface area contributed by atoms with Crippen LogP contribution in [0.4, 0.5) is 5.69 Å². The quantitative estimate of drug-likeness (QED) is 0.796. The molecule has 106 valence electrons. The highest BCUT2D eigenvalue weighted by molar-refractivity contribution is 6.30. The minimum Gasteiger partial charge on any atom is -0.381 e. The van der Waals surface area contributed by atoms with Gasteiger partial charge in [0, 0.05) is 17.3 Å². The molecular weight excluding hydrogens is 284 g/mol. The van der Waals surface area contributed by atoms with Gasteiger partial charge < -0.3 is 5.32 Å². The molecule has 3 aromatic rings. The highest BCUT2D eigenvalue weighted by atomic mass is 35.5. The molecule has 0 radical (unpaired) electrons. The SMILES string of the molecule is Cc1cc(Cl)ccc1CNc1ccc(-n2cncn2)cc1. The molecule has 0 saturated heterocycles. The van der Waals surface area contributed by atoms with E-state index in [2.05, 4.69) is 28.4 Å². The van der Waals surface area contributed by atoms with Crippen molar-refractivity contribution in [2.75, 3.05) is 5.32 Å². The Bertz CT molecular complexity index is 721. The molecule has 1 N–H and O–H groups in total. The van der Waals surface area contributed by atoms with Gasteiger partial charge in [-0.05, 0) is 54.4 Å². The fraction of sp³-hybridized carbons (Fsp3) is 0.125. The average Bonchev–Trinajstić information content (AvgIpc) is 3.01. The first-order valence-corrected chi connectivity index (χ1v) is 7.04. The Kier molecular flexibility index (Phi) is 3.88. The molecule has 21 heavy (non-hydrogen) atoms. The second-order valence-electron chi connectivity index (χ2n) is 4.81. The van der Waals surface area contributed by atoms with E-state index in [0.29, 0.717) is 0 Å². The van der Waals surface area contributed by atoms with Crippen molar-refractivity contribution < 1.29 is 0 Å². The fourth-order valence-corrected chi connectivity index (χ4v) is 2.36. The van der Waals surface area contributed by atoms with Gasteiger partial charge in [-0.15, -0.1) is 0 Å². The Morgan fingerprint density at radius 2 is 1.95 bits per heavy atom. The van der Waals surface area contributed by atoms with Crippen LogP contribution in [0.5, 0.6) is 0 Å². The van der Waals surface area contributed by atoms with Crippen LogP contribution in [-0.2, 0) is 6.54 Å². The van der Waals surface area contributed by atoms with Crippen LogP contribution < -0.4 is 5.32 Å². The van der Waals surface area contributed by atoms with Crippen LogP contribution in [0.1, 0.15) is 11.1 Å². The van der Waals surface area contributed by atoms with Crippen LogP contribution >= 0.6 is 11.6 Å². The first-order chi connectivity index (χ1) is 10.2. The third-order valence-corrected chi connectivity index (χ3v) is 3.57. The molecule has 0 amide bonds. The summed E-state index contributed by atoms with van der Waals surface area (Å²) in [7, 11) is 0. The molecule has 0 bridgehead atoms. The molecule has 0 aliphatic rings. The summed E-state index contributed by atoms with van der Waals surface area (Å²) in [4.78, 5) is 3.94. The number of nitrogens with zero attached hydrogens (tertiary/aromatic N) is 3. The number of anilines is 1. The maximum atomic E-state index is 5.97. The zero-order valence-corrected chi connectivity index (χ0v) is 12.4. The summed E-state index contributed by atoms with van der Waals surface area (Å²) in [6.07, 6.45) is 3.20. The number of hydrogen-bond acceptors (Lipinski definition) is 3. The zero-order chi connectivity index (χ0) is 14.7. The lowest BCUT2D eigenvalue weighted by Crippen LogP contribution is -2.01. The third kappa shape index (κ3) is 3.23. The molecule has 5 heteroatoms. The number of halogens is 1. The molecule has 0 unspecified atom stereocenters. The molecule has 0 aliphatic carbocycles. The van der Waals surface area contributed by atoms with Gasteiger partial charge in [-0.1, -0.05) is 17.7 Å². The van der Waals surface area contributed by atoms with Crippen molar-refractivity contribution in [2.24, 2.45) is 0 Å². The molecule has 0 fully saturated rings. The number of aryl methyl sites for hydroxylation is 1. The fourth-order valence-electron chi connectivity index (χ4n) is 2.13. The number of rotatable bonds is 4. The Labute approximate surface area is 128 Å². The van der Waals surface area contributed by atoms with Gasteiger partial charge in [0.15, 0.2) is 0 Å². The summed E-state index contributed by atoms with van der Waals surface area (Å²) in [6, 6.07) is 14.0. The minimum atomic E-state index is 0.770. The number of aromatic nitrogens is 3. The van der Waals surface area contributed by atoms with Crippen LogP contribution in [0.15, 0.2) is 55.1 Å². The maximum absolute atomic E-state index is 5.97. The van der Waals surface area contributed by atoms with Crippen molar-refractivity contribution in [3.63, 3.8) is 0 Å². The van der Waals surface area contributed by atoms with Gasteiger partial charge in [0.2, 0.25) is 0 Å². The molecule has 0 saturated carbocycles. The molecule has 1 heterocycles. The molecule has 2 aromatic carbocycles. The van der Waals surface area contributed by atoms with Crippen LogP contribution in [0.25, 0.3) is 5.69 Å². The predicted molar refractivity (Wildman–Crippen MR) is 84.9 cm³/mol. The smallest absolute Gasteiger partial charge is 0.138 e. The Hall–Kier alpha value is -2.33. The lowest BCUT2D eigenvalue weighted by Gasteiger charge is -2.10. The topological polar surface area (TPSA) is 42.7 Å². The monoisotopic (exact) mass is 298 g/mol. The summed E-state index contributed by atoms with van der Waals surface area (Å²) in [5, 5.41) is 8.28. The standard InChI is InChI=1S/C16H15ClN4/c1-12-8-14(17)3-2-13(12)9-19-15-4-6-16(7-5-15)21-11-18-10-20-21/h2-8,10-11,19H,9H2,1H3. The van der Waals surface area contributed by atoms with Crippen molar-refractivity contribution in [1.29, 1.82) is 0 Å². The first kappa shape index (κ1) is 13.6. The summed E-state index contributed by atoms with van der Waals surface area (Å²) >= 11 is 5.97. The summed E-state index contributed by atoms with van der Waals surface area (Å²) in [6.45, 7) is 2.84. The number of benzene rings is 2. The Balaban J connectivity index is 1.68. The molecule has 0 aliphatic heterocycles. The lowest BCUT2D eigenvalue weighted by atomic mass is 10.1. The van der Waals surface area contributed by atoms with E-state index in [1.165, 1.54) is 17.5 Å². The second kappa shape index (κ2) is 5.97. The summed E-state index contributed by atoms with van der Waals surface area (Å²) in [5.41, 5.74) is 4.47. The minimum absolute atomic E-state index is 0.770. The van der Waals surface area contributed by atoms with Crippen LogP contribution in [-0.4, -0.2) is 14.8 Å². The highest BCUT2D eigenvalue weighted by Crippen LogP contribution is 2.17. The van der Waals surface area contributed by atoms with Gasteiger partial charge in [0.25, 0.3) is 0 Å². The van der Waals surface area contributed by atoms with E-state index in [1.807, 2.05) is 36.4 Å². The third-order valence-electron chi connectivity index (χ3n) is 3.34. The van der Waals surface area contributed by atoms with Crippen molar-refractivity contribution in [1.82, 2.24) is 14.8 Å². The van der Waals surface area contributed by atoms with Crippen molar-refractivity contribution in [3.8, 4) is 5.69 Å². The van der Waals surface area contributed by atoms with Crippen molar-refractivity contribution in [2.45, 2.75) is 13.5 Å². The Morgan fingerprint density at radius 3 is 2.62 bits per heavy atom. The van der Waals surface area contributed by atoms with Crippen molar-refractivity contribution in [3.05, 3.63) is 71.3 Å². The van der Waals surface area contributed by atoms with Crippen molar-refractivity contribution >= 4 is 17.3 Å². The van der Waals surface area contributed by atoms with E-state index in [-0.39, 0.29) is 0 Å². The molecule has 3 rings (SSSR count). The van der Waals surface area contributed by atoms with E-state index in [0.717, 1.165) is 22.9 Å². The van der Waals surface area contributed by atoms with Gasteiger partial charge in [0.1, 0.15) is 12.7 Å². The van der Waals surface area contributed by atoms with Gasteiger partial charge in [-0.2, -0.15) is 5.10 Å². The van der Waals surface area contributed by atoms with Gasteiger partial charge >= 0.3 is 0 Å². The van der Waals surface area contributed by atoms with E-state index in [9.17, 15) is 0 Å². The van der Waals surface area contributed by atoms with Crippen LogP contribution in [0.3, 0.4) is 0 Å². The van der Waals surface area contributed by atoms with Crippen LogP contribution in [0, 0.1) is 6.92 Å². The largest absolute Gasteiger partial charge is 0.381 e. The van der Waals surface area contributed by atoms with Gasteiger partial charge in [-0.3, -0.25) is 0 Å². The van der Waals surface area contributed by atoms with E-state index in [1.54, 1.807) is 11.0 Å². The number of nitrogens with one attached hydrogen (secondary N) is 1. The van der Waals surface area contributed by atoms with E-state index < -0.39 is 0 Å². The highest BCUT2D eigenvalue weighted by Gasteiger charge is 2.01. The van der Waals surface area contributed by atoms with E-state index in [4.69, 9.17) is 11.6 Å². The molecule has 1 aromatic heterocycles. The number of hydrogen-bond donors (Lipinski definition) is 1. The normalized spacial score (nSPS) is 10.6. The maximum Gasteiger partial charge on any atom is 0.138 e.